The van der Waals surface area contributed by atoms with Crippen LogP contribution in [-0.2, 0) is 4.74 Å². The van der Waals surface area contributed by atoms with Crippen LogP contribution >= 0.6 is 0 Å². The molecule has 1 saturated heterocycles. The van der Waals surface area contributed by atoms with Gasteiger partial charge in [-0.25, -0.2) is 4.98 Å². The molecule has 6 nitrogen and oxygen atoms in total. The van der Waals surface area contributed by atoms with Crippen LogP contribution in [0, 0.1) is 0 Å². The van der Waals surface area contributed by atoms with Crippen LogP contribution < -0.4 is 10.6 Å². The van der Waals surface area contributed by atoms with E-state index in [-0.39, 0.29) is 6.10 Å². The maximum absolute atomic E-state index is 5.70. The SMILES string of the molecule is CCCNc1cncc(NCC2CN(C)CCO2)n1. The molecule has 6 heteroatoms. The Balaban J connectivity index is 1.81. The average Bonchev–Trinajstić information content (AvgIpc) is 2.43. The maximum atomic E-state index is 5.70. The molecular formula is C13H23N5O. The number of likely N-dealkylation sites (N-methyl/N-ethyl adjacent to an activating group) is 1. The van der Waals surface area contributed by atoms with Crippen LogP contribution in [-0.4, -0.2) is 60.8 Å². The highest BCUT2D eigenvalue weighted by Crippen LogP contribution is 2.08. The van der Waals surface area contributed by atoms with Crippen LogP contribution in [0.5, 0.6) is 0 Å². The van der Waals surface area contributed by atoms with E-state index in [9.17, 15) is 0 Å². The fourth-order valence-electron chi connectivity index (χ4n) is 2.00. The Labute approximate surface area is 114 Å². The van der Waals surface area contributed by atoms with Gasteiger partial charge in [-0.15, -0.1) is 0 Å². The van der Waals surface area contributed by atoms with Crippen molar-refractivity contribution in [2.75, 3.05) is 50.5 Å². The quantitative estimate of drug-likeness (QED) is 0.801. The molecule has 0 bridgehead atoms. The molecule has 1 aliphatic rings. The molecule has 0 radical (unpaired) electrons. The van der Waals surface area contributed by atoms with Gasteiger partial charge in [-0.1, -0.05) is 6.92 Å². The minimum absolute atomic E-state index is 0.216. The summed E-state index contributed by atoms with van der Waals surface area (Å²) in [4.78, 5) is 10.9. The Morgan fingerprint density at radius 3 is 2.89 bits per heavy atom. The molecule has 1 atom stereocenters. The molecule has 0 aromatic carbocycles. The first-order valence-electron chi connectivity index (χ1n) is 6.88. The average molecular weight is 265 g/mol. The Morgan fingerprint density at radius 2 is 2.16 bits per heavy atom. The third-order valence-corrected chi connectivity index (χ3v) is 3.04. The highest BCUT2D eigenvalue weighted by Gasteiger charge is 2.17. The zero-order chi connectivity index (χ0) is 13.5. The van der Waals surface area contributed by atoms with Gasteiger partial charge in [0.05, 0.1) is 25.1 Å². The molecule has 1 aromatic heterocycles. The number of aromatic nitrogens is 2. The summed E-state index contributed by atoms with van der Waals surface area (Å²) in [6.45, 7) is 6.55. The number of nitrogens with one attached hydrogen (secondary N) is 2. The van der Waals surface area contributed by atoms with Crippen molar-refractivity contribution in [2.45, 2.75) is 19.4 Å². The second-order valence-electron chi connectivity index (χ2n) is 4.85. The number of hydrogen-bond acceptors (Lipinski definition) is 6. The first-order chi connectivity index (χ1) is 9.28. The summed E-state index contributed by atoms with van der Waals surface area (Å²) < 4.78 is 5.70. The van der Waals surface area contributed by atoms with Crippen LogP contribution in [0.2, 0.25) is 0 Å². The Morgan fingerprint density at radius 1 is 1.37 bits per heavy atom. The molecule has 0 saturated carbocycles. The summed E-state index contributed by atoms with van der Waals surface area (Å²) in [7, 11) is 2.12. The number of rotatable bonds is 6. The van der Waals surface area contributed by atoms with Gasteiger partial charge < -0.3 is 20.3 Å². The lowest BCUT2D eigenvalue weighted by molar-refractivity contribution is -0.0117. The maximum Gasteiger partial charge on any atom is 0.147 e. The van der Waals surface area contributed by atoms with Crippen molar-refractivity contribution in [3.05, 3.63) is 12.4 Å². The standard InChI is InChI=1S/C13H23N5O/c1-3-4-15-12-8-14-9-13(17-12)16-7-11-10-18(2)5-6-19-11/h8-9,11H,3-7,10H2,1-2H3,(H2,15,16,17). The summed E-state index contributed by atoms with van der Waals surface area (Å²) in [5.74, 6) is 1.60. The van der Waals surface area contributed by atoms with Crippen molar-refractivity contribution >= 4 is 11.6 Å². The van der Waals surface area contributed by atoms with Crippen LogP contribution in [0.3, 0.4) is 0 Å². The fraction of sp³-hybridized carbons (Fsp3) is 0.692. The van der Waals surface area contributed by atoms with Gasteiger partial charge in [0.25, 0.3) is 0 Å². The van der Waals surface area contributed by atoms with Crippen molar-refractivity contribution in [2.24, 2.45) is 0 Å². The second kappa shape index (κ2) is 7.25. The molecule has 1 aliphatic heterocycles. The van der Waals surface area contributed by atoms with Crippen molar-refractivity contribution in [1.29, 1.82) is 0 Å². The lowest BCUT2D eigenvalue weighted by Crippen LogP contribution is -2.43. The summed E-state index contributed by atoms with van der Waals surface area (Å²) in [6.07, 6.45) is 4.77. The lowest BCUT2D eigenvalue weighted by atomic mass is 10.3. The molecule has 0 amide bonds. The van der Waals surface area contributed by atoms with E-state index in [1.54, 1.807) is 12.4 Å². The van der Waals surface area contributed by atoms with E-state index in [1.807, 2.05) is 0 Å². The van der Waals surface area contributed by atoms with Gasteiger partial charge in [0.2, 0.25) is 0 Å². The topological polar surface area (TPSA) is 62.3 Å². The summed E-state index contributed by atoms with van der Waals surface area (Å²) in [6, 6.07) is 0. The largest absolute Gasteiger partial charge is 0.374 e. The zero-order valence-electron chi connectivity index (χ0n) is 11.7. The number of nitrogens with zero attached hydrogens (tertiary/aromatic N) is 3. The van der Waals surface area contributed by atoms with Crippen molar-refractivity contribution < 1.29 is 4.74 Å². The van der Waals surface area contributed by atoms with E-state index >= 15 is 0 Å². The summed E-state index contributed by atoms with van der Waals surface area (Å²) in [5.41, 5.74) is 0. The highest BCUT2D eigenvalue weighted by atomic mass is 16.5. The van der Waals surface area contributed by atoms with Crippen molar-refractivity contribution in [3.8, 4) is 0 Å². The van der Waals surface area contributed by atoms with E-state index < -0.39 is 0 Å². The van der Waals surface area contributed by atoms with Gasteiger partial charge in [-0.05, 0) is 13.5 Å². The third kappa shape index (κ3) is 4.65. The Kier molecular flexibility index (Phi) is 5.35. The minimum atomic E-state index is 0.216. The fourth-order valence-corrected chi connectivity index (χ4v) is 2.00. The molecule has 2 N–H and O–H groups in total. The first kappa shape index (κ1) is 14.0. The van der Waals surface area contributed by atoms with E-state index in [1.165, 1.54) is 0 Å². The molecule has 19 heavy (non-hydrogen) atoms. The van der Waals surface area contributed by atoms with Gasteiger partial charge in [0, 0.05) is 26.2 Å². The van der Waals surface area contributed by atoms with Gasteiger partial charge in [0.1, 0.15) is 11.6 Å². The summed E-state index contributed by atoms with van der Waals surface area (Å²) >= 11 is 0. The van der Waals surface area contributed by atoms with E-state index in [0.717, 1.165) is 50.8 Å². The minimum Gasteiger partial charge on any atom is -0.374 e. The molecule has 1 fully saturated rings. The number of anilines is 2. The number of morpholine rings is 1. The Bertz CT molecular complexity index is 387. The smallest absolute Gasteiger partial charge is 0.147 e. The van der Waals surface area contributed by atoms with Gasteiger partial charge >= 0.3 is 0 Å². The molecule has 0 aliphatic carbocycles. The zero-order valence-corrected chi connectivity index (χ0v) is 11.7. The van der Waals surface area contributed by atoms with Crippen LogP contribution in [0.4, 0.5) is 11.6 Å². The third-order valence-electron chi connectivity index (χ3n) is 3.04. The molecule has 1 unspecified atom stereocenters. The normalized spacial score (nSPS) is 20.2. The Hall–Kier alpha value is -1.40. The molecular weight excluding hydrogens is 242 g/mol. The monoisotopic (exact) mass is 265 g/mol. The predicted molar refractivity (Wildman–Crippen MR) is 76.5 cm³/mol. The number of ether oxygens (including phenoxy) is 1. The van der Waals surface area contributed by atoms with E-state index in [2.05, 4.69) is 39.5 Å². The molecule has 106 valence electrons. The summed E-state index contributed by atoms with van der Waals surface area (Å²) in [5, 5.41) is 6.51. The molecule has 1 aromatic rings. The number of hydrogen-bond donors (Lipinski definition) is 2. The molecule has 2 rings (SSSR count). The lowest BCUT2D eigenvalue weighted by Gasteiger charge is -2.30. The van der Waals surface area contributed by atoms with E-state index in [0.29, 0.717) is 0 Å². The van der Waals surface area contributed by atoms with Gasteiger partial charge in [-0.3, -0.25) is 4.98 Å². The second-order valence-corrected chi connectivity index (χ2v) is 4.85. The first-order valence-corrected chi connectivity index (χ1v) is 6.88. The predicted octanol–water partition coefficient (Wildman–Crippen LogP) is 1.04. The van der Waals surface area contributed by atoms with Gasteiger partial charge in [-0.2, -0.15) is 0 Å². The van der Waals surface area contributed by atoms with Gasteiger partial charge in [0.15, 0.2) is 0 Å². The van der Waals surface area contributed by atoms with Crippen LogP contribution in [0.15, 0.2) is 12.4 Å². The van der Waals surface area contributed by atoms with E-state index in [4.69, 9.17) is 4.74 Å². The van der Waals surface area contributed by atoms with Crippen LogP contribution in [0.1, 0.15) is 13.3 Å². The highest BCUT2D eigenvalue weighted by molar-refractivity contribution is 5.41. The molecule has 2 heterocycles. The molecule has 0 spiro atoms. The van der Waals surface area contributed by atoms with Crippen LogP contribution in [0.25, 0.3) is 0 Å². The van der Waals surface area contributed by atoms with Crippen molar-refractivity contribution in [1.82, 2.24) is 14.9 Å². The van der Waals surface area contributed by atoms with Crippen molar-refractivity contribution in [3.63, 3.8) is 0 Å².